The predicted molar refractivity (Wildman–Crippen MR) is 81.4 cm³/mol. The molecule has 0 saturated carbocycles. The van der Waals surface area contributed by atoms with E-state index in [1.807, 2.05) is 19.9 Å². The SMILES string of the molecule is CCC(C(=O)O)(c1cccc(Br)c1)N(C(C)=O)C(C)C. The van der Waals surface area contributed by atoms with Crippen molar-refractivity contribution in [1.82, 2.24) is 4.90 Å². The van der Waals surface area contributed by atoms with E-state index in [-0.39, 0.29) is 11.9 Å². The van der Waals surface area contributed by atoms with Gasteiger partial charge in [-0.25, -0.2) is 4.79 Å². The fourth-order valence-electron chi connectivity index (χ4n) is 2.71. The molecule has 5 heteroatoms. The lowest BCUT2D eigenvalue weighted by molar-refractivity contribution is -0.162. The van der Waals surface area contributed by atoms with Gasteiger partial charge in [0.25, 0.3) is 0 Å². The van der Waals surface area contributed by atoms with E-state index in [2.05, 4.69) is 15.9 Å². The van der Waals surface area contributed by atoms with Crippen LogP contribution in [-0.4, -0.2) is 27.9 Å². The summed E-state index contributed by atoms with van der Waals surface area (Å²) in [6.45, 7) is 6.85. The molecule has 0 spiro atoms. The molecule has 0 aliphatic carbocycles. The van der Waals surface area contributed by atoms with Crippen molar-refractivity contribution < 1.29 is 14.7 Å². The molecular weight excluding hydrogens is 322 g/mol. The number of carboxylic acid groups (broad SMARTS) is 1. The topological polar surface area (TPSA) is 57.6 Å². The summed E-state index contributed by atoms with van der Waals surface area (Å²) in [6.07, 6.45) is 0.302. The van der Waals surface area contributed by atoms with Crippen LogP contribution in [0.4, 0.5) is 0 Å². The molecular formula is C15H20BrNO3. The summed E-state index contributed by atoms with van der Waals surface area (Å²) < 4.78 is 0.793. The molecule has 0 fully saturated rings. The number of nitrogens with zero attached hydrogens (tertiary/aromatic N) is 1. The Bertz CT molecular complexity index is 516. The maximum Gasteiger partial charge on any atom is 0.334 e. The van der Waals surface area contributed by atoms with E-state index < -0.39 is 11.5 Å². The monoisotopic (exact) mass is 341 g/mol. The van der Waals surface area contributed by atoms with Crippen LogP contribution in [0.15, 0.2) is 28.7 Å². The molecule has 0 aliphatic heterocycles. The van der Waals surface area contributed by atoms with E-state index in [0.29, 0.717) is 12.0 Å². The fraction of sp³-hybridized carbons (Fsp3) is 0.467. The maximum absolute atomic E-state index is 12.0. The molecule has 0 saturated heterocycles. The van der Waals surface area contributed by atoms with Gasteiger partial charge in [0.15, 0.2) is 5.54 Å². The number of benzene rings is 1. The zero-order valence-corrected chi connectivity index (χ0v) is 13.8. The maximum atomic E-state index is 12.0. The Morgan fingerprint density at radius 3 is 2.35 bits per heavy atom. The number of carbonyl (C=O) groups excluding carboxylic acids is 1. The second-order valence-electron chi connectivity index (χ2n) is 5.01. The van der Waals surface area contributed by atoms with E-state index in [9.17, 15) is 14.7 Å². The van der Waals surface area contributed by atoms with Gasteiger partial charge >= 0.3 is 5.97 Å². The first-order valence-corrected chi connectivity index (χ1v) is 7.36. The Morgan fingerprint density at radius 1 is 1.40 bits per heavy atom. The van der Waals surface area contributed by atoms with E-state index in [0.717, 1.165) is 4.47 Å². The molecule has 1 rings (SSSR count). The highest BCUT2D eigenvalue weighted by Gasteiger charge is 2.47. The molecule has 0 aliphatic rings. The normalized spacial score (nSPS) is 13.9. The van der Waals surface area contributed by atoms with Gasteiger partial charge in [0, 0.05) is 17.4 Å². The van der Waals surface area contributed by atoms with Gasteiger partial charge in [0.1, 0.15) is 0 Å². The average molecular weight is 342 g/mol. The zero-order valence-electron chi connectivity index (χ0n) is 12.2. The molecule has 20 heavy (non-hydrogen) atoms. The smallest absolute Gasteiger partial charge is 0.334 e. The lowest BCUT2D eigenvalue weighted by Gasteiger charge is -2.42. The minimum Gasteiger partial charge on any atom is -0.479 e. The van der Waals surface area contributed by atoms with Crippen molar-refractivity contribution in [3.05, 3.63) is 34.3 Å². The number of halogens is 1. The van der Waals surface area contributed by atoms with Gasteiger partial charge in [0.2, 0.25) is 5.91 Å². The van der Waals surface area contributed by atoms with Crippen LogP contribution < -0.4 is 0 Å². The number of hydrogen-bond acceptors (Lipinski definition) is 2. The van der Waals surface area contributed by atoms with Crippen LogP contribution in [0.1, 0.15) is 39.7 Å². The third-order valence-electron chi connectivity index (χ3n) is 3.43. The Labute approximate surface area is 127 Å². The number of amides is 1. The largest absolute Gasteiger partial charge is 0.479 e. The first-order chi connectivity index (χ1) is 9.27. The first kappa shape index (κ1) is 16.7. The Morgan fingerprint density at radius 2 is 2.00 bits per heavy atom. The highest BCUT2D eigenvalue weighted by molar-refractivity contribution is 9.10. The van der Waals surface area contributed by atoms with Crippen molar-refractivity contribution >= 4 is 27.8 Å². The van der Waals surface area contributed by atoms with Crippen LogP contribution in [0.25, 0.3) is 0 Å². The first-order valence-electron chi connectivity index (χ1n) is 6.56. The minimum absolute atomic E-state index is 0.206. The molecule has 1 aromatic carbocycles. The van der Waals surface area contributed by atoms with E-state index in [1.165, 1.54) is 11.8 Å². The highest BCUT2D eigenvalue weighted by Crippen LogP contribution is 2.35. The molecule has 1 aromatic rings. The summed E-state index contributed by atoms with van der Waals surface area (Å²) in [5, 5.41) is 9.83. The highest BCUT2D eigenvalue weighted by atomic mass is 79.9. The molecule has 0 heterocycles. The van der Waals surface area contributed by atoms with Crippen LogP contribution >= 0.6 is 15.9 Å². The van der Waals surface area contributed by atoms with Gasteiger partial charge in [-0.2, -0.15) is 0 Å². The number of carboxylic acids is 1. The number of aliphatic carboxylic acids is 1. The number of hydrogen-bond donors (Lipinski definition) is 1. The Balaban J connectivity index is 3.58. The van der Waals surface area contributed by atoms with Crippen molar-refractivity contribution in [2.24, 2.45) is 0 Å². The van der Waals surface area contributed by atoms with Gasteiger partial charge in [0.05, 0.1) is 0 Å². The van der Waals surface area contributed by atoms with Crippen molar-refractivity contribution in [3.8, 4) is 0 Å². The van der Waals surface area contributed by atoms with Gasteiger partial charge in [-0.05, 0) is 38.0 Å². The molecule has 1 atom stereocenters. The number of carbonyl (C=O) groups is 2. The predicted octanol–water partition coefficient (Wildman–Crippen LogP) is 3.40. The molecule has 1 unspecified atom stereocenters. The summed E-state index contributed by atoms with van der Waals surface area (Å²) in [5.74, 6) is -1.26. The second-order valence-corrected chi connectivity index (χ2v) is 5.93. The molecule has 4 nitrogen and oxygen atoms in total. The molecule has 0 bridgehead atoms. The third kappa shape index (κ3) is 2.87. The van der Waals surface area contributed by atoms with Crippen molar-refractivity contribution in [2.45, 2.75) is 45.7 Å². The molecule has 1 N–H and O–H groups in total. The van der Waals surface area contributed by atoms with Crippen molar-refractivity contribution in [1.29, 1.82) is 0 Å². The van der Waals surface area contributed by atoms with E-state index >= 15 is 0 Å². The van der Waals surface area contributed by atoms with Gasteiger partial charge in [-0.1, -0.05) is 35.0 Å². The average Bonchev–Trinajstić information content (AvgIpc) is 2.34. The Hall–Kier alpha value is -1.36. The molecule has 0 aromatic heterocycles. The lowest BCUT2D eigenvalue weighted by Crippen LogP contribution is -2.56. The van der Waals surface area contributed by atoms with E-state index in [1.54, 1.807) is 25.1 Å². The van der Waals surface area contributed by atoms with E-state index in [4.69, 9.17) is 0 Å². The van der Waals surface area contributed by atoms with Crippen LogP contribution in [-0.2, 0) is 15.1 Å². The van der Waals surface area contributed by atoms with Gasteiger partial charge in [-0.15, -0.1) is 0 Å². The van der Waals surface area contributed by atoms with Crippen LogP contribution in [0.3, 0.4) is 0 Å². The lowest BCUT2D eigenvalue weighted by atomic mass is 9.84. The molecule has 1 amide bonds. The van der Waals surface area contributed by atoms with Crippen LogP contribution in [0.2, 0.25) is 0 Å². The number of rotatable bonds is 5. The summed E-state index contributed by atoms with van der Waals surface area (Å²) in [6, 6.07) is 6.92. The molecule has 0 radical (unpaired) electrons. The zero-order chi connectivity index (χ0) is 15.5. The van der Waals surface area contributed by atoms with Gasteiger partial charge < -0.3 is 10.0 Å². The standard InChI is InChI=1S/C15H20BrNO3/c1-5-15(14(19)20,17(10(2)3)11(4)18)12-7-6-8-13(16)9-12/h6-10H,5H2,1-4H3,(H,19,20). The summed E-state index contributed by atoms with van der Waals surface area (Å²) in [7, 11) is 0. The third-order valence-corrected chi connectivity index (χ3v) is 3.93. The van der Waals surface area contributed by atoms with Crippen LogP contribution in [0.5, 0.6) is 0 Å². The van der Waals surface area contributed by atoms with Crippen molar-refractivity contribution in [2.75, 3.05) is 0 Å². The Kier molecular flexibility index (Phi) is 5.34. The summed E-state index contributed by atoms with van der Waals surface area (Å²) in [5.41, 5.74) is -0.741. The summed E-state index contributed by atoms with van der Waals surface area (Å²) >= 11 is 3.36. The fourth-order valence-corrected chi connectivity index (χ4v) is 3.11. The van der Waals surface area contributed by atoms with Crippen LogP contribution in [0, 0.1) is 0 Å². The minimum atomic E-state index is -1.34. The molecule has 110 valence electrons. The van der Waals surface area contributed by atoms with Crippen molar-refractivity contribution in [3.63, 3.8) is 0 Å². The quantitative estimate of drug-likeness (QED) is 0.892. The van der Waals surface area contributed by atoms with Gasteiger partial charge in [-0.3, -0.25) is 4.79 Å². The summed E-state index contributed by atoms with van der Waals surface area (Å²) in [4.78, 5) is 25.5. The second kappa shape index (κ2) is 6.39.